The molecule has 1 aromatic rings. The van der Waals surface area contributed by atoms with Gasteiger partial charge in [0.05, 0.1) is 19.6 Å². The van der Waals surface area contributed by atoms with Crippen molar-refractivity contribution in [2.24, 2.45) is 0 Å². The molecule has 120 valence electrons. The summed E-state index contributed by atoms with van der Waals surface area (Å²) in [6, 6.07) is 7.58. The van der Waals surface area contributed by atoms with Crippen LogP contribution in [0, 0.1) is 0 Å². The number of likely N-dealkylation sites (N-methyl/N-ethyl adjacent to an activating group) is 1. The molecule has 0 bridgehead atoms. The number of ether oxygens (including phenoxy) is 1. The van der Waals surface area contributed by atoms with E-state index in [4.69, 9.17) is 4.74 Å². The number of rotatable bonds is 6. The van der Waals surface area contributed by atoms with E-state index in [1.54, 1.807) is 11.9 Å². The van der Waals surface area contributed by atoms with Gasteiger partial charge in [0, 0.05) is 11.5 Å². The highest BCUT2D eigenvalue weighted by Gasteiger charge is 2.23. The monoisotopic (exact) mass is 370 g/mol. The van der Waals surface area contributed by atoms with E-state index in [9.17, 15) is 9.59 Å². The molecule has 0 aromatic heterocycles. The number of nitrogens with one attached hydrogen (secondary N) is 2. The van der Waals surface area contributed by atoms with Crippen LogP contribution in [0.1, 0.15) is 0 Å². The Bertz CT molecular complexity index is 521. The molecule has 1 atom stereocenters. The lowest BCUT2D eigenvalue weighted by atomic mass is 10.3. The highest BCUT2D eigenvalue weighted by molar-refractivity contribution is 9.10. The summed E-state index contributed by atoms with van der Waals surface area (Å²) >= 11 is 3.37. The quantitative estimate of drug-likeness (QED) is 0.696. The average molecular weight is 371 g/mol. The Morgan fingerprint density at radius 1 is 1.41 bits per heavy atom. The van der Waals surface area contributed by atoms with Gasteiger partial charge in [0.1, 0.15) is 12.4 Å². The summed E-state index contributed by atoms with van der Waals surface area (Å²) < 4.78 is 6.60. The number of carbonyl (C=O) groups excluding carboxylic acids is 2. The minimum Gasteiger partial charge on any atom is -0.492 e. The van der Waals surface area contributed by atoms with Gasteiger partial charge in [-0.25, -0.2) is 0 Å². The molecule has 1 aliphatic rings. The van der Waals surface area contributed by atoms with Crippen molar-refractivity contribution in [3.63, 3.8) is 0 Å². The van der Waals surface area contributed by atoms with Crippen LogP contribution in [0.4, 0.5) is 0 Å². The Kier molecular flexibility index (Phi) is 6.21. The molecule has 2 N–H and O–H groups in total. The number of piperazine rings is 1. The second-order valence-corrected chi connectivity index (χ2v) is 6.24. The van der Waals surface area contributed by atoms with E-state index in [0.717, 1.165) is 21.7 Å². The van der Waals surface area contributed by atoms with Crippen LogP contribution in [0.2, 0.25) is 0 Å². The van der Waals surface area contributed by atoms with Crippen LogP contribution in [-0.2, 0) is 9.59 Å². The van der Waals surface area contributed by atoms with Crippen molar-refractivity contribution in [1.29, 1.82) is 0 Å². The normalized spacial score (nSPS) is 17.7. The standard InChI is InChI=1S/C15H20BrN3O3/c1-18(8-9-22-13-4-2-12(16)3-5-13)15(21)11-19-7-6-17-14(20)10-19/h2-5H,6-11H2,1H3,(H,17,20)/p+1. The number of hydrogen-bond acceptors (Lipinski definition) is 3. The van der Waals surface area contributed by atoms with Crippen LogP contribution in [-0.4, -0.2) is 63.1 Å². The average Bonchev–Trinajstić information content (AvgIpc) is 2.49. The van der Waals surface area contributed by atoms with Gasteiger partial charge in [-0.05, 0) is 24.3 Å². The first kappa shape index (κ1) is 16.8. The predicted octanol–water partition coefficient (Wildman–Crippen LogP) is -0.699. The third-order valence-electron chi connectivity index (χ3n) is 3.55. The smallest absolute Gasteiger partial charge is 0.277 e. The van der Waals surface area contributed by atoms with Gasteiger partial charge in [-0.3, -0.25) is 9.59 Å². The number of benzene rings is 1. The first-order valence-corrected chi connectivity index (χ1v) is 8.06. The molecule has 0 aliphatic carbocycles. The van der Waals surface area contributed by atoms with E-state index < -0.39 is 0 Å². The molecule has 0 spiro atoms. The summed E-state index contributed by atoms with van der Waals surface area (Å²) in [5, 5.41) is 2.76. The summed E-state index contributed by atoms with van der Waals surface area (Å²) in [4.78, 5) is 26.1. The van der Waals surface area contributed by atoms with E-state index in [0.29, 0.717) is 32.8 Å². The summed E-state index contributed by atoms with van der Waals surface area (Å²) in [7, 11) is 1.76. The molecule has 1 unspecified atom stereocenters. The minimum atomic E-state index is 0.00951. The van der Waals surface area contributed by atoms with Crippen molar-refractivity contribution >= 4 is 27.7 Å². The van der Waals surface area contributed by atoms with Crippen molar-refractivity contribution < 1.29 is 19.2 Å². The van der Waals surface area contributed by atoms with E-state index in [1.807, 2.05) is 24.3 Å². The summed E-state index contributed by atoms with van der Waals surface area (Å²) in [6.45, 7) is 3.11. The number of halogens is 1. The van der Waals surface area contributed by atoms with Crippen LogP contribution < -0.4 is 15.0 Å². The lowest BCUT2D eigenvalue weighted by Crippen LogP contribution is -3.16. The zero-order chi connectivity index (χ0) is 15.9. The van der Waals surface area contributed by atoms with E-state index in [-0.39, 0.29) is 11.8 Å². The Morgan fingerprint density at radius 3 is 2.82 bits per heavy atom. The summed E-state index contributed by atoms with van der Waals surface area (Å²) in [5.41, 5.74) is 0. The molecular weight excluding hydrogens is 350 g/mol. The fourth-order valence-corrected chi connectivity index (χ4v) is 2.48. The highest BCUT2D eigenvalue weighted by Crippen LogP contribution is 2.15. The lowest BCUT2D eigenvalue weighted by Gasteiger charge is -2.25. The van der Waals surface area contributed by atoms with Crippen LogP contribution in [0.5, 0.6) is 5.75 Å². The van der Waals surface area contributed by atoms with Crippen LogP contribution in [0.3, 0.4) is 0 Å². The van der Waals surface area contributed by atoms with Crippen LogP contribution in [0.25, 0.3) is 0 Å². The van der Waals surface area contributed by atoms with Gasteiger partial charge >= 0.3 is 0 Å². The molecule has 6 nitrogen and oxygen atoms in total. The fourth-order valence-electron chi connectivity index (χ4n) is 2.21. The number of nitrogens with zero attached hydrogens (tertiary/aromatic N) is 1. The molecule has 2 amide bonds. The highest BCUT2D eigenvalue weighted by atomic mass is 79.9. The van der Waals surface area contributed by atoms with Crippen molar-refractivity contribution in [2.45, 2.75) is 0 Å². The van der Waals surface area contributed by atoms with Gasteiger partial charge in [0.2, 0.25) is 0 Å². The van der Waals surface area contributed by atoms with Crippen LogP contribution >= 0.6 is 15.9 Å². The topological polar surface area (TPSA) is 63.1 Å². The molecule has 2 rings (SSSR count). The van der Waals surface area contributed by atoms with Gasteiger partial charge in [0.25, 0.3) is 11.8 Å². The molecule has 0 radical (unpaired) electrons. The third-order valence-corrected chi connectivity index (χ3v) is 4.08. The van der Waals surface area contributed by atoms with Gasteiger partial charge in [0.15, 0.2) is 13.1 Å². The zero-order valence-electron chi connectivity index (χ0n) is 12.6. The largest absolute Gasteiger partial charge is 0.492 e. The van der Waals surface area contributed by atoms with E-state index in [2.05, 4.69) is 21.2 Å². The second kappa shape index (κ2) is 8.14. The van der Waals surface area contributed by atoms with E-state index in [1.165, 1.54) is 0 Å². The molecule has 22 heavy (non-hydrogen) atoms. The van der Waals surface area contributed by atoms with E-state index >= 15 is 0 Å². The zero-order valence-corrected chi connectivity index (χ0v) is 14.2. The summed E-state index contributed by atoms with van der Waals surface area (Å²) in [6.07, 6.45) is 0. The molecule has 1 aromatic carbocycles. The number of hydrogen-bond donors (Lipinski definition) is 2. The number of quaternary nitrogens is 1. The predicted molar refractivity (Wildman–Crippen MR) is 85.8 cm³/mol. The van der Waals surface area contributed by atoms with Gasteiger partial charge in [-0.1, -0.05) is 15.9 Å². The number of carbonyl (C=O) groups is 2. The van der Waals surface area contributed by atoms with Crippen molar-refractivity contribution in [3.05, 3.63) is 28.7 Å². The fraction of sp³-hybridized carbons (Fsp3) is 0.467. The molecule has 1 heterocycles. The molecule has 1 aliphatic heterocycles. The van der Waals surface area contributed by atoms with Gasteiger partial charge in [-0.15, -0.1) is 0 Å². The van der Waals surface area contributed by atoms with Gasteiger partial charge in [-0.2, -0.15) is 0 Å². The molecular formula is C15H21BrN3O3+. The van der Waals surface area contributed by atoms with Gasteiger partial charge < -0.3 is 19.9 Å². The number of amides is 2. The maximum absolute atomic E-state index is 12.1. The summed E-state index contributed by atoms with van der Waals surface area (Å²) in [5.74, 6) is 0.821. The first-order chi connectivity index (χ1) is 10.5. The maximum atomic E-state index is 12.1. The first-order valence-electron chi connectivity index (χ1n) is 7.27. The lowest BCUT2D eigenvalue weighted by molar-refractivity contribution is -0.885. The molecule has 1 saturated heterocycles. The van der Waals surface area contributed by atoms with Crippen molar-refractivity contribution in [1.82, 2.24) is 10.2 Å². The Balaban J connectivity index is 1.69. The molecule has 0 saturated carbocycles. The van der Waals surface area contributed by atoms with Crippen molar-refractivity contribution in [3.8, 4) is 5.75 Å². The Labute approximate surface area is 138 Å². The minimum absolute atomic E-state index is 0.00951. The maximum Gasteiger partial charge on any atom is 0.277 e. The molecule has 1 fully saturated rings. The van der Waals surface area contributed by atoms with Crippen LogP contribution in [0.15, 0.2) is 28.7 Å². The van der Waals surface area contributed by atoms with Crippen molar-refractivity contribution in [2.75, 3.05) is 46.4 Å². The molecule has 7 heteroatoms. The Morgan fingerprint density at radius 2 is 2.14 bits per heavy atom. The third kappa shape index (κ3) is 5.31. The SMILES string of the molecule is CN(CCOc1ccc(Br)cc1)C(=O)C[NH+]1CCNC(=O)C1. The Hall–Kier alpha value is -1.60. The second-order valence-electron chi connectivity index (χ2n) is 5.32.